The molecule has 0 aliphatic rings. The van der Waals surface area contributed by atoms with Gasteiger partial charge in [-0.2, -0.15) is 0 Å². The van der Waals surface area contributed by atoms with Gasteiger partial charge in [-0.05, 0) is 43.5 Å². The monoisotopic (exact) mass is 344 g/mol. The summed E-state index contributed by atoms with van der Waals surface area (Å²) < 4.78 is 10.2. The van der Waals surface area contributed by atoms with Gasteiger partial charge in [-0.25, -0.2) is 9.59 Å². The van der Waals surface area contributed by atoms with Crippen molar-refractivity contribution in [1.82, 2.24) is 0 Å². The van der Waals surface area contributed by atoms with Gasteiger partial charge in [0.25, 0.3) is 0 Å². The highest BCUT2D eigenvalue weighted by atomic mass is 16.5. The molecule has 0 amide bonds. The summed E-state index contributed by atoms with van der Waals surface area (Å²) >= 11 is 0. The molecule has 0 saturated heterocycles. The van der Waals surface area contributed by atoms with E-state index in [2.05, 4.69) is 0 Å². The lowest BCUT2D eigenvalue weighted by atomic mass is 10.2. The Balaban J connectivity index is 1.60. The number of hydrogen-bond acceptors (Lipinski definition) is 6. The van der Waals surface area contributed by atoms with E-state index in [0.29, 0.717) is 19.3 Å². The maximum absolute atomic E-state index is 11.8. The minimum Gasteiger partial charge on any atom is -0.507 e. The van der Waals surface area contributed by atoms with Gasteiger partial charge in [0.2, 0.25) is 0 Å². The van der Waals surface area contributed by atoms with Crippen LogP contribution in [-0.4, -0.2) is 35.4 Å². The molecule has 6 nitrogen and oxygen atoms in total. The number of phenols is 2. The first-order valence-corrected chi connectivity index (χ1v) is 8.00. The van der Waals surface area contributed by atoms with Crippen molar-refractivity contribution in [3.8, 4) is 11.5 Å². The molecular weight excluding hydrogens is 324 g/mol. The normalized spacial score (nSPS) is 10.2. The summed E-state index contributed by atoms with van der Waals surface area (Å²) in [7, 11) is 0. The third-order valence-electron chi connectivity index (χ3n) is 3.50. The molecule has 0 aliphatic carbocycles. The molecule has 25 heavy (non-hydrogen) atoms. The molecule has 0 spiro atoms. The third kappa shape index (κ3) is 5.53. The van der Waals surface area contributed by atoms with Crippen molar-refractivity contribution in [3.63, 3.8) is 0 Å². The van der Waals surface area contributed by atoms with Crippen LogP contribution in [0.15, 0.2) is 48.5 Å². The van der Waals surface area contributed by atoms with Crippen LogP contribution < -0.4 is 0 Å². The zero-order valence-corrected chi connectivity index (χ0v) is 13.7. The van der Waals surface area contributed by atoms with Crippen LogP contribution in [0.3, 0.4) is 0 Å². The van der Waals surface area contributed by atoms with Crippen LogP contribution >= 0.6 is 0 Å². The van der Waals surface area contributed by atoms with Crippen LogP contribution in [-0.2, 0) is 9.47 Å². The first-order chi connectivity index (χ1) is 12.1. The Morgan fingerprint density at radius 2 is 1.08 bits per heavy atom. The van der Waals surface area contributed by atoms with E-state index in [0.717, 1.165) is 0 Å². The number of esters is 2. The van der Waals surface area contributed by atoms with E-state index in [1.807, 2.05) is 0 Å². The van der Waals surface area contributed by atoms with Gasteiger partial charge in [0, 0.05) is 0 Å². The molecule has 6 heteroatoms. The van der Waals surface area contributed by atoms with Crippen LogP contribution in [0, 0.1) is 0 Å². The third-order valence-corrected chi connectivity index (χ3v) is 3.50. The van der Waals surface area contributed by atoms with Crippen LogP contribution in [0.25, 0.3) is 0 Å². The Morgan fingerprint density at radius 1 is 0.680 bits per heavy atom. The molecule has 2 rings (SSSR count). The number of benzene rings is 2. The summed E-state index contributed by atoms with van der Waals surface area (Å²) in [5, 5.41) is 19.1. The Kier molecular flexibility index (Phi) is 6.83. The Bertz CT molecular complexity index is 664. The van der Waals surface area contributed by atoms with Crippen molar-refractivity contribution >= 4 is 11.9 Å². The highest BCUT2D eigenvalue weighted by Gasteiger charge is 2.12. The standard InChI is InChI=1S/C19H20O6/c20-16-10-4-2-8-14(16)18(22)24-12-6-1-7-13-25-19(23)15-9-3-5-11-17(15)21/h2-5,8-11,20-21H,1,6-7,12-13H2. The maximum Gasteiger partial charge on any atom is 0.341 e. The molecule has 132 valence electrons. The van der Waals surface area contributed by atoms with Gasteiger partial charge in [-0.1, -0.05) is 24.3 Å². The number of para-hydroxylation sites is 2. The number of aromatic hydroxyl groups is 2. The average Bonchev–Trinajstić information content (AvgIpc) is 2.61. The summed E-state index contributed by atoms with van der Waals surface area (Å²) in [6.45, 7) is 0.446. The summed E-state index contributed by atoms with van der Waals surface area (Å²) in [6.07, 6.45) is 1.95. The minimum atomic E-state index is -0.566. The van der Waals surface area contributed by atoms with Crippen LogP contribution in [0.2, 0.25) is 0 Å². The zero-order valence-electron chi connectivity index (χ0n) is 13.7. The van der Waals surface area contributed by atoms with Crippen LogP contribution in [0.5, 0.6) is 11.5 Å². The first-order valence-electron chi connectivity index (χ1n) is 8.00. The van der Waals surface area contributed by atoms with Crippen molar-refractivity contribution in [2.24, 2.45) is 0 Å². The summed E-state index contributed by atoms with van der Waals surface area (Å²) in [5.74, 6) is -1.35. The van der Waals surface area contributed by atoms with Gasteiger partial charge in [0.1, 0.15) is 22.6 Å². The van der Waals surface area contributed by atoms with Crippen molar-refractivity contribution in [2.45, 2.75) is 19.3 Å². The molecule has 2 N–H and O–H groups in total. The second-order valence-corrected chi connectivity index (χ2v) is 5.37. The molecule has 2 aromatic carbocycles. The lowest BCUT2D eigenvalue weighted by Gasteiger charge is -2.07. The zero-order chi connectivity index (χ0) is 18.1. The SMILES string of the molecule is O=C(OCCCCCOC(=O)c1ccccc1O)c1ccccc1O. The number of unbranched alkanes of at least 4 members (excludes halogenated alkanes) is 2. The summed E-state index contributed by atoms with van der Waals surface area (Å²) in [4.78, 5) is 23.5. The molecule has 0 heterocycles. The highest BCUT2D eigenvalue weighted by Crippen LogP contribution is 2.17. The molecule has 0 bridgehead atoms. The quantitative estimate of drug-likeness (QED) is 0.564. The molecule has 0 fully saturated rings. The topological polar surface area (TPSA) is 93.1 Å². The second-order valence-electron chi connectivity index (χ2n) is 5.37. The largest absolute Gasteiger partial charge is 0.507 e. The fraction of sp³-hybridized carbons (Fsp3) is 0.263. The Labute approximate surface area is 145 Å². The molecule has 0 aliphatic heterocycles. The number of rotatable bonds is 8. The number of ether oxygens (including phenoxy) is 2. The van der Waals surface area contributed by atoms with Crippen LogP contribution in [0.1, 0.15) is 40.0 Å². The van der Waals surface area contributed by atoms with Crippen LogP contribution in [0.4, 0.5) is 0 Å². The van der Waals surface area contributed by atoms with Crippen molar-refractivity contribution in [1.29, 1.82) is 0 Å². The van der Waals surface area contributed by atoms with E-state index in [4.69, 9.17) is 9.47 Å². The number of carbonyl (C=O) groups excluding carboxylic acids is 2. The summed E-state index contributed by atoms with van der Waals surface area (Å²) in [5.41, 5.74) is 0.276. The van der Waals surface area contributed by atoms with Crippen molar-refractivity contribution in [3.05, 3.63) is 59.7 Å². The molecule has 0 atom stereocenters. The van der Waals surface area contributed by atoms with Gasteiger partial charge >= 0.3 is 11.9 Å². The van der Waals surface area contributed by atoms with E-state index in [1.165, 1.54) is 24.3 Å². The molecule has 0 saturated carbocycles. The van der Waals surface area contributed by atoms with Gasteiger partial charge in [-0.3, -0.25) is 0 Å². The first kappa shape index (κ1) is 18.3. The molecule has 0 aromatic heterocycles. The van der Waals surface area contributed by atoms with Gasteiger partial charge < -0.3 is 19.7 Å². The second kappa shape index (κ2) is 9.32. The van der Waals surface area contributed by atoms with Gasteiger partial charge in [0.05, 0.1) is 13.2 Å². The highest BCUT2D eigenvalue weighted by molar-refractivity contribution is 5.92. The Hall–Kier alpha value is -3.02. The maximum atomic E-state index is 11.8. The predicted molar refractivity (Wildman–Crippen MR) is 90.6 cm³/mol. The molecular formula is C19H20O6. The number of carbonyl (C=O) groups is 2. The van der Waals surface area contributed by atoms with E-state index >= 15 is 0 Å². The molecule has 2 aromatic rings. The number of hydrogen-bond donors (Lipinski definition) is 2. The van der Waals surface area contributed by atoms with E-state index in [-0.39, 0.29) is 35.8 Å². The Morgan fingerprint density at radius 3 is 1.48 bits per heavy atom. The van der Waals surface area contributed by atoms with E-state index < -0.39 is 11.9 Å². The number of phenolic OH excluding ortho intramolecular Hbond substituents is 2. The molecule has 0 radical (unpaired) electrons. The molecule has 0 unspecified atom stereocenters. The smallest absolute Gasteiger partial charge is 0.341 e. The van der Waals surface area contributed by atoms with Crippen molar-refractivity contribution < 1.29 is 29.3 Å². The fourth-order valence-electron chi connectivity index (χ4n) is 2.16. The van der Waals surface area contributed by atoms with E-state index in [1.54, 1.807) is 24.3 Å². The predicted octanol–water partition coefficient (Wildman–Crippen LogP) is 3.28. The summed E-state index contributed by atoms with van der Waals surface area (Å²) in [6, 6.07) is 12.4. The van der Waals surface area contributed by atoms with Crippen molar-refractivity contribution in [2.75, 3.05) is 13.2 Å². The fourth-order valence-corrected chi connectivity index (χ4v) is 2.16. The van der Waals surface area contributed by atoms with E-state index in [9.17, 15) is 19.8 Å². The minimum absolute atomic E-state index is 0.108. The lowest BCUT2D eigenvalue weighted by Crippen LogP contribution is -2.08. The van der Waals surface area contributed by atoms with Gasteiger partial charge in [0.15, 0.2) is 0 Å². The lowest BCUT2D eigenvalue weighted by molar-refractivity contribution is 0.0475. The average molecular weight is 344 g/mol. The van der Waals surface area contributed by atoms with Gasteiger partial charge in [-0.15, -0.1) is 0 Å².